The molecule has 0 aliphatic rings. The summed E-state index contributed by atoms with van der Waals surface area (Å²) < 4.78 is 11.2. The molecule has 0 heterocycles. The smallest absolute Gasteiger partial charge is 0.325 e. The van der Waals surface area contributed by atoms with Gasteiger partial charge in [0.15, 0.2) is 6.29 Å². The first kappa shape index (κ1) is 59.8. The van der Waals surface area contributed by atoms with Gasteiger partial charge < -0.3 is 29.7 Å². The van der Waals surface area contributed by atoms with Crippen LogP contribution in [-0.2, 0) is 23.9 Å². The van der Waals surface area contributed by atoms with Gasteiger partial charge in [-0.3, -0.25) is 14.4 Å². The maximum Gasteiger partial charge on any atom is 0.325 e. The van der Waals surface area contributed by atoms with Crippen LogP contribution in [0.2, 0.25) is 0 Å². The number of aliphatic hydroxyl groups excluding tert-OH is 1. The van der Waals surface area contributed by atoms with Crippen LogP contribution in [-0.4, -0.2) is 91.0 Å². The SMILES string of the molecule is CCCCCCCC/C=C\CCCCCCCC(=O)N(CCN(C)C)C(CCCCCOC(O)CCCCCCC/C=C\CCCCCCCC)C(=O)NCC(=O)OC(C)(C)C. The third-order valence-electron chi connectivity index (χ3n) is 11.4. The number of allylic oxidation sites excluding steroid dienone is 4. The zero-order chi connectivity index (χ0) is 45.9. The molecule has 0 aromatic carbocycles. The molecule has 0 aromatic rings. The highest BCUT2D eigenvalue weighted by atomic mass is 16.6. The highest BCUT2D eigenvalue weighted by Crippen LogP contribution is 2.17. The number of hydrogen-bond acceptors (Lipinski definition) is 7. The summed E-state index contributed by atoms with van der Waals surface area (Å²) in [5.41, 5.74) is -0.654. The van der Waals surface area contributed by atoms with Gasteiger partial charge in [0.1, 0.15) is 18.2 Å². The number of nitrogens with zero attached hydrogens (tertiary/aromatic N) is 2. The largest absolute Gasteiger partial charge is 0.459 e. The minimum atomic E-state index is -0.748. The summed E-state index contributed by atoms with van der Waals surface area (Å²) in [5, 5.41) is 13.2. The molecular formula is C53H101N3O6. The van der Waals surface area contributed by atoms with E-state index in [4.69, 9.17) is 9.47 Å². The number of esters is 1. The van der Waals surface area contributed by atoms with Crippen molar-refractivity contribution in [3.8, 4) is 0 Å². The molecule has 0 aromatic heterocycles. The van der Waals surface area contributed by atoms with Crippen LogP contribution in [0.4, 0.5) is 0 Å². The lowest BCUT2D eigenvalue weighted by atomic mass is 10.0. The molecule has 0 saturated carbocycles. The second-order valence-electron chi connectivity index (χ2n) is 19.1. The van der Waals surface area contributed by atoms with Gasteiger partial charge in [-0.1, -0.05) is 154 Å². The van der Waals surface area contributed by atoms with E-state index in [2.05, 4.69) is 43.5 Å². The molecule has 0 spiro atoms. The Morgan fingerprint density at radius 2 is 1.02 bits per heavy atom. The molecule has 9 nitrogen and oxygen atoms in total. The average Bonchev–Trinajstić information content (AvgIpc) is 3.22. The van der Waals surface area contributed by atoms with Crippen LogP contribution in [0.1, 0.15) is 240 Å². The molecule has 0 bridgehead atoms. The Hall–Kier alpha value is -2.23. The van der Waals surface area contributed by atoms with Gasteiger partial charge in [0.05, 0.1) is 0 Å². The molecule has 0 aliphatic heterocycles. The second kappa shape index (κ2) is 42.7. The summed E-state index contributed by atoms with van der Waals surface area (Å²) >= 11 is 0. The quantitative estimate of drug-likeness (QED) is 0.0272. The molecule has 0 fully saturated rings. The molecule has 2 N–H and O–H groups in total. The summed E-state index contributed by atoms with van der Waals surface area (Å²) in [6.45, 7) is 11.2. The fourth-order valence-electron chi connectivity index (χ4n) is 7.64. The van der Waals surface area contributed by atoms with E-state index in [0.717, 1.165) is 64.2 Å². The van der Waals surface area contributed by atoms with E-state index in [-0.39, 0.29) is 18.4 Å². The van der Waals surface area contributed by atoms with Crippen molar-refractivity contribution in [3.63, 3.8) is 0 Å². The number of amides is 2. The standard InChI is InChI=1S/C53H101N3O6/c1-8-10-12-14-16-18-20-22-24-26-28-30-32-34-38-42-49(57)56(45-44-55(6)7)48(52(60)54-47-51(59)62-53(3,4)5)41-37-36-40-46-61-50(58)43-39-35-33-31-29-27-25-23-21-19-17-15-13-11-9-2/h22-25,48,50,58H,8-21,26-47H2,1-7H3,(H,54,60)/b24-22-,25-23-. The lowest BCUT2D eigenvalue weighted by molar-refractivity contribution is -0.155. The van der Waals surface area contributed by atoms with Gasteiger partial charge in [-0.2, -0.15) is 0 Å². The molecule has 2 atom stereocenters. The predicted octanol–water partition coefficient (Wildman–Crippen LogP) is 13.2. The Bertz CT molecular complexity index is 1100. The maximum absolute atomic E-state index is 13.8. The van der Waals surface area contributed by atoms with Crippen LogP contribution < -0.4 is 5.32 Å². The average molecular weight is 876 g/mol. The van der Waals surface area contributed by atoms with Crippen molar-refractivity contribution in [3.05, 3.63) is 24.3 Å². The second-order valence-corrected chi connectivity index (χ2v) is 19.1. The minimum Gasteiger partial charge on any atom is -0.459 e. The van der Waals surface area contributed by atoms with E-state index < -0.39 is 23.9 Å². The molecule has 62 heavy (non-hydrogen) atoms. The number of rotatable bonds is 44. The van der Waals surface area contributed by atoms with Crippen molar-refractivity contribution in [2.75, 3.05) is 40.3 Å². The Morgan fingerprint density at radius 1 is 0.581 bits per heavy atom. The Morgan fingerprint density at radius 3 is 1.50 bits per heavy atom. The molecule has 0 radical (unpaired) electrons. The Kier molecular flexibility index (Phi) is 41.2. The van der Waals surface area contributed by atoms with E-state index >= 15 is 0 Å². The first-order valence-corrected chi connectivity index (χ1v) is 25.9. The Labute approximate surface area is 383 Å². The Balaban J connectivity index is 4.75. The van der Waals surface area contributed by atoms with Crippen molar-refractivity contribution < 1.29 is 29.0 Å². The van der Waals surface area contributed by atoms with E-state index in [0.29, 0.717) is 39.0 Å². The number of unbranched alkanes of at least 4 members (excludes halogenated alkanes) is 24. The normalized spacial score (nSPS) is 13.0. The monoisotopic (exact) mass is 876 g/mol. The fourth-order valence-corrected chi connectivity index (χ4v) is 7.64. The first-order chi connectivity index (χ1) is 29.9. The maximum atomic E-state index is 13.8. The number of carbonyl (C=O) groups excluding carboxylic acids is 3. The van der Waals surface area contributed by atoms with E-state index in [1.807, 2.05) is 19.0 Å². The summed E-state index contributed by atoms with van der Waals surface area (Å²) in [7, 11) is 3.94. The summed E-state index contributed by atoms with van der Waals surface area (Å²) in [4.78, 5) is 43.8. The summed E-state index contributed by atoms with van der Waals surface area (Å²) in [6, 6.07) is -0.680. The highest BCUT2D eigenvalue weighted by Gasteiger charge is 2.30. The molecule has 0 aliphatic carbocycles. The molecule has 0 rings (SSSR count). The van der Waals surface area contributed by atoms with Gasteiger partial charge in [0, 0.05) is 26.1 Å². The molecular weight excluding hydrogens is 775 g/mol. The van der Waals surface area contributed by atoms with Gasteiger partial charge in [0.2, 0.25) is 11.8 Å². The molecule has 2 amide bonds. The van der Waals surface area contributed by atoms with E-state index in [1.165, 1.54) is 122 Å². The van der Waals surface area contributed by atoms with Crippen LogP contribution in [0.3, 0.4) is 0 Å². The zero-order valence-electron chi connectivity index (χ0n) is 41.8. The number of carbonyl (C=O) groups is 3. The molecule has 364 valence electrons. The fraction of sp³-hybridized carbons (Fsp3) is 0.868. The lowest BCUT2D eigenvalue weighted by Crippen LogP contribution is -2.52. The zero-order valence-corrected chi connectivity index (χ0v) is 41.8. The topological polar surface area (TPSA) is 108 Å². The number of likely N-dealkylation sites (N-methyl/N-ethyl adjacent to an activating group) is 1. The number of hydrogen-bond donors (Lipinski definition) is 2. The van der Waals surface area contributed by atoms with Crippen LogP contribution in [0.15, 0.2) is 24.3 Å². The van der Waals surface area contributed by atoms with Gasteiger partial charge >= 0.3 is 5.97 Å². The molecule has 9 heteroatoms. The summed E-state index contributed by atoms with van der Waals surface area (Å²) in [6.07, 6.45) is 44.3. The van der Waals surface area contributed by atoms with Crippen molar-refractivity contribution in [1.82, 2.24) is 15.1 Å². The van der Waals surface area contributed by atoms with Crippen molar-refractivity contribution in [1.29, 1.82) is 0 Å². The predicted molar refractivity (Wildman–Crippen MR) is 262 cm³/mol. The summed E-state index contributed by atoms with van der Waals surface area (Å²) in [5.74, 6) is -0.829. The lowest BCUT2D eigenvalue weighted by Gasteiger charge is -2.32. The van der Waals surface area contributed by atoms with Gasteiger partial charge in [-0.25, -0.2) is 0 Å². The van der Waals surface area contributed by atoms with Crippen LogP contribution in [0, 0.1) is 0 Å². The van der Waals surface area contributed by atoms with Crippen LogP contribution in [0.25, 0.3) is 0 Å². The third-order valence-corrected chi connectivity index (χ3v) is 11.4. The first-order valence-electron chi connectivity index (χ1n) is 25.9. The highest BCUT2D eigenvalue weighted by molar-refractivity contribution is 5.89. The van der Waals surface area contributed by atoms with Gasteiger partial charge in [0.25, 0.3) is 0 Å². The third kappa shape index (κ3) is 40.5. The van der Waals surface area contributed by atoms with Crippen LogP contribution in [0.5, 0.6) is 0 Å². The molecule has 0 saturated heterocycles. The van der Waals surface area contributed by atoms with Crippen molar-refractivity contribution >= 4 is 17.8 Å². The van der Waals surface area contributed by atoms with Crippen molar-refractivity contribution in [2.24, 2.45) is 0 Å². The molecule has 2 unspecified atom stereocenters. The van der Waals surface area contributed by atoms with Crippen molar-refractivity contribution in [2.45, 2.75) is 258 Å². The van der Waals surface area contributed by atoms with E-state index in [1.54, 1.807) is 25.7 Å². The van der Waals surface area contributed by atoms with E-state index in [9.17, 15) is 19.5 Å². The van der Waals surface area contributed by atoms with Gasteiger partial charge in [-0.05, 0) is 118 Å². The van der Waals surface area contributed by atoms with Crippen LogP contribution >= 0.6 is 0 Å². The minimum absolute atomic E-state index is 0.0102. The van der Waals surface area contributed by atoms with Gasteiger partial charge in [-0.15, -0.1) is 0 Å². The number of ether oxygens (including phenoxy) is 2. The number of aliphatic hydroxyl groups is 1. The number of nitrogens with one attached hydrogen (secondary N) is 1.